The van der Waals surface area contributed by atoms with Gasteiger partial charge in [-0.1, -0.05) is 45.0 Å². The van der Waals surface area contributed by atoms with Crippen molar-refractivity contribution in [3.05, 3.63) is 70.8 Å². The number of primary amides is 1. The Morgan fingerprint density at radius 2 is 1.65 bits per heavy atom. The summed E-state index contributed by atoms with van der Waals surface area (Å²) < 4.78 is 0. The lowest BCUT2D eigenvalue weighted by Gasteiger charge is -2.19. The summed E-state index contributed by atoms with van der Waals surface area (Å²) in [6.45, 7) is 6.30. The minimum atomic E-state index is -0.822. The second-order valence-electron chi connectivity index (χ2n) is 7.27. The molecule has 0 heterocycles. The van der Waals surface area contributed by atoms with Gasteiger partial charge >= 0.3 is 0 Å². The van der Waals surface area contributed by atoms with E-state index in [4.69, 9.17) is 11.0 Å². The highest BCUT2D eigenvalue weighted by atomic mass is 16.2. The average molecular weight is 349 g/mol. The molecule has 2 aromatic rings. The Hall–Kier alpha value is -3.13. The lowest BCUT2D eigenvalue weighted by molar-refractivity contribution is -0.119. The number of rotatable bonds is 5. The Morgan fingerprint density at radius 1 is 1.08 bits per heavy atom. The van der Waals surface area contributed by atoms with Gasteiger partial charge < -0.3 is 11.1 Å². The van der Waals surface area contributed by atoms with E-state index in [1.54, 1.807) is 36.4 Å². The number of carbonyl (C=O) groups excluding carboxylic acids is 2. The Balaban J connectivity index is 2.10. The van der Waals surface area contributed by atoms with Crippen molar-refractivity contribution >= 4 is 11.8 Å². The number of benzene rings is 2. The third-order valence-corrected chi connectivity index (χ3v) is 4.18. The van der Waals surface area contributed by atoms with Gasteiger partial charge in [0.05, 0.1) is 11.6 Å². The maximum absolute atomic E-state index is 12.4. The van der Waals surface area contributed by atoms with Crippen LogP contribution in [0, 0.1) is 11.3 Å². The van der Waals surface area contributed by atoms with Gasteiger partial charge in [-0.05, 0) is 40.8 Å². The summed E-state index contributed by atoms with van der Waals surface area (Å²) in [7, 11) is 0. The summed E-state index contributed by atoms with van der Waals surface area (Å²) in [6.07, 6.45) is 0.271. The molecule has 0 radical (unpaired) electrons. The third kappa shape index (κ3) is 4.93. The number of nitriles is 1. The Labute approximate surface area is 153 Å². The molecule has 0 unspecified atom stereocenters. The number of amides is 2. The molecule has 134 valence electrons. The van der Waals surface area contributed by atoms with E-state index in [-0.39, 0.29) is 17.7 Å². The Bertz CT molecular complexity index is 826. The molecule has 0 saturated carbocycles. The fourth-order valence-corrected chi connectivity index (χ4v) is 2.54. The van der Waals surface area contributed by atoms with Gasteiger partial charge in [-0.15, -0.1) is 0 Å². The first-order valence-electron chi connectivity index (χ1n) is 8.40. The van der Waals surface area contributed by atoms with Crippen LogP contribution in [0.15, 0.2) is 48.5 Å². The van der Waals surface area contributed by atoms with E-state index in [2.05, 4.69) is 26.1 Å². The molecule has 0 aliphatic rings. The van der Waals surface area contributed by atoms with Crippen molar-refractivity contribution in [3.8, 4) is 6.07 Å². The molecule has 5 heteroatoms. The molecule has 26 heavy (non-hydrogen) atoms. The summed E-state index contributed by atoms with van der Waals surface area (Å²) >= 11 is 0. The van der Waals surface area contributed by atoms with Crippen molar-refractivity contribution in [1.29, 1.82) is 5.26 Å². The summed E-state index contributed by atoms with van der Waals surface area (Å²) in [5.74, 6) is -0.947. The Morgan fingerprint density at radius 3 is 2.12 bits per heavy atom. The maximum atomic E-state index is 12.4. The first kappa shape index (κ1) is 19.2. The van der Waals surface area contributed by atoms with Crippen LogP contribution in [-0.2, 0) is 16.6 Å². The van der Waals surface area contributed by atoms with Crippen molar-refractivity contribution in [1.82, 2.24) is 5.32 Å². The van der Waals surface area contributed by atoms with Crippen molar-refractivity contribution in [3.63, 3.8) is 0 Å². The van der Waals surface area contributed by atoms with E-state index in [1.807, 2.05) is 18.2 Å². The second-order valence-corrected chi connectivity index (χ2v) is 7.27. The van der Waals surface area contributed by atoms with Crippen LogP contribution >= 0.6 is 0 Å². The van der Waals surface area contributed by atoms with Gasteiger partial charge in [0.1, 0.15) is 6.04 Å². The van der Waals surface area contributed by atoms with Crippen LogP contribution in [0.3, 0.4) is 0 Å². The first-order valence-corrected chi connectivity index (χ1v) is 8.40. The first-order chi connectivity index (χ1) is 12.2. The van der Waals surface area contributed by atoms with Crippen LogP contribution in [0.1, 0.15) is 47.8 Å². The predicted octanol–water partition coefficient (Wildman–Crippen LogP) is 2.68. The van der Waals surface area contributed by atoms with Crippen molar-refractivity contribution in [2.75, 3.05) is 0 Å². The van der Waals surface area contributed by atoms with E-state index in [0.717, 1.165) is 11.1 Å². The molecule has 0 saturated heterocycles. The predicted molar refractivity (Wildman–Crippen MR) is 100 cm³/mol. The topological polar surface area (TPSA) is 96.0 Å². The molecule has 0 aliphatic carbocycles. The zero-order valence-electron chi connectivity index (χ0n) is 15.2. The summed E-state index contributed by atoms with van der Waals surface area (Å²) in [5.41, 5.74) is 8.39. The fourth-order valence-electron chi connectivity index (χ4n) is 2.54. The molecule has 0 bridgehead atoms. The number of hydrogen-bond donors (Lipinski definition) is 2. The highest BCUT2D eigenvalue weighted by molar-refractivity contribution is 5.97. The van der Waals surface area contributed by atoms with Gasteiger partial charge in [-0.2, -0.15) is 5.26 Å². The van der Waals surface area contributed by atoms with Gasteiger partial charge in [-0.3, -0.25) is 9.59 Å². The molecule has 0 aliphatic heterocycles. The minimum absolute atomic E-state index is 0.000352. The molecule has 0 spiro atoms. The monoisotopic (exact) mass is 349 g/mol. The third-order valence-electron chi connectivity index (χ3n) is 4.18. The van der Waals surface area contributed by atoms with Crippen LogP contribution in [0.4, 0.5) is 0 Å². The quantitative estimate of drug-likeness (QED) is 0.868. The maximum Gasteiger partial charge on any atom is 0.251 e. The lowest BCUT2D eigenvalue weighted by atomic mass is 9.86. The molecule has 5 nitrogen and oxygen atoms in total. The normalized spacial score (nSPS) is 12.1. The van der Waals surface area contributed by atoms with E-state index in [1.165, 1.54) is 0 Å². The zero-order chi connectivity index (χ0) is 19.3. The van der Waals surface area contributed by atoms with Crippen LogP contribution in [0.2, 0.25) is 0 Å². The lowest BCUT2D eigenvalue weighted by Crippen LogP contribution is -2.45. The van der Waals surface area contributed by atoms with Gasteiger partial charge in [0, 0.05) is 12.0 Å². The van der Waals surface area contributed by atoms with Gasteiger partial charge in [0.15, 0.2) is 0 Å². The number of nitrogens with two attached hydrogens (primary N) is 1. The molecule has 2 aromatic carbocycles. The van der Waals surface area contributed by atoms with E-state index in [9.17, 15) is 9.59 Å². The molecule has 3 N–H and O–H groups in total. The zero-order valence-corrected chi connectivity index (χ0v) is 15.2. The van der Waals surface area contributed by atoms with Crippen LogP contribution in [0.5, 0.6) is 0 Å². The van der Waals surface area contributed by atoms with Gasteiger partial charge in [0.25, 0.3) is 5.91 Å². The van der Waals surface area contributed by atoms with Crippen molar-refractivity contribution in [2.24, 2.45) is 5.73 Å². The summed E-state index contributed by atoms with van der Waals surface area (Å²) in [6, 6.07) is 15.4. The van der Waals surface area contributed by atoms with E-state index in [0.29, 0.717) is 11.1 Å². The van der Waals surface area contributed by atoms with Crippen molar-refractivity contribution in [2.45, 2.75) is 38.6 Å². The number of nitrogens with one attached hydrogen (secondary N) is 1. The SMILES string of the molecule is CC(C)(C)c1ccc(C(=O)N[C@H](Cc2ccc(C#N)cc2)C(N)=O)cc1. The van der Waals surface area contributed by atoms with Crippen LogP contribution in [0.25, 0.3) is 0 Å². The summed E-state index contributed by atoms with van der Waals surface area (Å²) in [5, 5.41) is 11.5. The summed E-state index contributed by atoms with van der Waals surface area (Å²) in [4.78, 5) is 24.2. The largest absolute Gasteiger partial charge is 0.368 e. The standard InChI is InChI=1S/C21H23N3O2/c1-21(2,3)17-10-8-16(9-11-17)20(26)24-18(19(23)25)12-14-4-6-15(13-22)7-5-14/h4-11,18H,12H2,1-3H3,(H2,23,25)(H,24,26)/t18-/m1/s1. The van der Waals surface area contributed by atoms with E-state index >= 15 is 0 Å². The fraction of sp³-hybridized carbons (Fsp3) is 0.286. The van der Waals surface area contributed by atoms with Gasteiger partial charge in [0.2, 0.25) is 5.91 Å². The number of carbonyl (C=O) groups is 2. The second kappa shape index (κ2) is 7.83. The molecule has 2 rings (SSSR count). The molecule has 1 atom stereocenters. The molecule has 2 amide bonds. The average Bonchev–Trinajstić information content (AvgIpc) is 2.61. The van der Waals surface area contributed by atoms with Crippen LogP contribution in [-0.4, -0.2) is 17.9 Å². The molecule has 0 aromatic heterocycles. The molecular weight excluding hydrogens is 326 g/mol. The van der Waals surface area contributed by atoms with Crippen molar-refractivity contribution < 1.29 is 9.59 Å². The highest BCUT2D eigenvalue weighted by Gasteiger charge is 2.20. The highest BCUT2D eigenvalue weighted by Crippen LogP contribution is 2.22. The number of nitrogens with zero attached hydrogens (tertiary/aromatic N) is 1. The Kier molecular flexibility index (Phi) is 5.78. The minimum Gasteiger partial charge on any atom is -0.368 e. The molecule has 0 fully saturated rings. The molecular formula is C21H23N3O2. The van der Waals surface area contributed by atoms with E-state index < -0.39 is 11.9 Å². The van der Waals surface area contributed by atoms with Crippen LogP contribution < -0.4 is 11.1 Å². The van der Waals surface area contributed by atoms with Gasteiger partial charge in [-0.25, -0.2) is 0 Å². The smallest absolute Gasteiger partial charge is 0.251 e. The number of hydrogen-bond acceptors (Lipinski definition) is 3.